The monoisotopic (exact) mass is 623 g/mol. The predicted molar refractivity (Wildman–Crippen MR) is 202 cm³/mol. The van der Waals surface area contributed by atoms with E-state index in [9.17, 15) is 0 Å². The molecule has 1 spiro atoms. The summed E-state index contributed by atoms with van der Waals surface area (Å²) in [5, 5.41) is 6.19. The summed E-state index contributed by atoms with van der Waals surface area (Å²) in [6, 6.07) is 64.2. The average Bonchev–Trinajstić information content (AvgIpc) is 3.79. The van der Waals surface area contributed by atoms with Crippen LogP contribution in [0, 0.1) is 0 Å². The first-order valence-corrected chi connectivity index (χ1v) is 16.9. The van der Waals surface area contributed by atoms with Crippen LogP contribution in [0.3, 0.4) is 0 Å². The van der Waals surface area contributed by atoms with Crippen molar-refractivity contribution in [2.45, 2.75) is 5.41 Å². The van der Waals surface area contributed by atoms with E-state index in [0.29, 0.717) is 0 Å². The molecule has 0 amide bonds. The third kappa shape index (κ3) is 3.50. The van der Waals surface area contributed by atoms with Gasteiger partial charge in [0.1, 0.15) is 11.3 Å². The highest BCUT2D eigenvalue weighted by atomic mass is 16.3. The maximum atomic E-state index is 6.73. The van der Waals surface area contributed by atoms with Gasteiger partial charge in [0, 0.05) is 33.6 Å². The molecule has 2 heteroatoms. The number of hydrogen-bond acceptors (Lipinski definition) is 2. The summed E-state index contributed by atoms with van der Waals surface area (Å²) in [7, 11) is 0. The Labute approximate surface area is 284 Å². The molecule has 228 valence electrons. The fourth-order valence-electron chi connectivity index (χ4n) is 8.88. The van der Waals surface area contributed by atoms with Gasteiger partial charge in [-0.05, 0) is 91.8 Å². The third-order valence-corrected chi connectivity index (χ3v) is 10.8. The zero-order valence-electron chi connectivity index (χ0n) is 26.6. The maximum Gasteiger partial charge on any atom is 0.140 e. The standard InChI is InChI=1S/C47H29NO/c1-2-13-32(14-3-1)48(33-24-26-36-31(28-33)23-22-30-12-4-5-15-35(30)36)34-25-27-38-37-16-6-9-19-41(37)47(43(38)29-34)42-20-10-7-17-39(42)46-45(47)40-18-8-11-21-44(40)49-46/h1-29H. The van der Waals surface area contributed by atoms with E-state index in [-0.39, 0.29) is 0 Å². The Balaban J connectivity index is 1.20. The lowest BCUT2D eigenvalue weighted by Crippen LogP contribution is -2.26. The fraction of sp³-hybridized carbons (Fsp3) is 0.0213. The maximum absolute atomic E-state index is 6.73. The van der Waals surface area contributed by atoms with Crippen molar-refractivity contribution >= 4 is 49.6 Å². The summed E-state index contributed by atoms with van der Waals surface area (Å²) >= 11 is 0. The molecule has 0 aliphatic heterocycles. The lowest BCUT2D eigenvalue weighted by molar-refractivity contribution is 0.628. The summed E-state index contributed by atoms with van der Waals surface area (Å²) in [6.45, 7) is 0. The van der Waals surface area contributed by atoms with E-state index >= 15 is 0 Å². The molecule has 1 unspecified atom stereocenters. The van der Waals surface area contributed by atoms with Gasteiger partial charge in [-0.3, -0.25) is 0 Å². The minimum absolute atomic E-state index is 0.509. The van der Waals surface area contributed by atoms with Crippen LogP contribution in [0.15, 0.2) is 180 Å². The van der Waals surface area contributed by atoms with Crippen molar-refractivity contribution in [1.29, 1.82) is 0 Å². The van der Waals surface area contributed by atoms with E-state index in [1.54, 1.807) is 0 Å². The van der Waals surface area contributed by atoms with Gasteiger partial charge in [-0.2, -0.15) is 0 Å². The van der Waals surface area contributed by atoms with Gasteiger partial charge in [0.25, 0.3) is 0 Å². The summed E-state index contributed by atoms with van der Waals surface area (Å²) in [6.07, 6.45) is 0. The van der Waals surface area contributed by atoms with Crippen molar-refractivity contribution in [3.8, 4) is 22.5 Å². The molecule has 1 atom stereocenters. The fourth-order valence-corrected chi connectivity index (χ4v) is 8.88. The highest BCUT2D eigenvalue weighted by Crippen LogP contribution is 2.65. The summed E-state index contributed by atoms with van der Waals surface area (Å²) in [5.74, 6) is 0.978. The SMILES string of the molecule is c1ccc(N(c2ccc3c(c2)C2(c4ccccc4-3)c3ccccc3-c3oc4ccccc4c32)c2ccc3c(ccc4ccccc43)c2)cc1. The molecule has 0 fully saturated rings. The van der Waals surface area contributed by atoms with Crippen LogP contribution in [-0.2, 0) is 5.41 Å². The Kier molecular flexibility index (Phi) is 5.34. The second kappa shape index (κ2) is 9.82. The van der Waals surface area contributed by atoms with Crippen molar-refractivity contribution in [2.75, 3.05) is 4.90 Å². The van der Waals surface area contributed by atoms with Gasteiger partial charge >= 0.3 is 0 Å². The topological polar surface area (TPSA) is 16.4 Å². The van der Waals surface area contributed by atoms with Gasteiger partial charge in [0.05, 0.1) is 5.41 Å². The molecule has 2 nitrogen and oxygen atoms in total. The van der Waals surface area contributed by atoms with Crippen molar-refractivity contribution < 1.29 is 4.42 Å². The number of benzene rings is 8. The first-order valence-electron chi connectivity index (χ1n) is 16.9. The van der Waals surface area contributed by atoms with E-state index in [4.69, 9.17) is 4.42 Å². The van der Waals surface area contributed by atoms with Gasteiger partial charge in [0.2, 0.25) is 0 Å². The van der Waals surface area contributed by atoms with E-state index in [2.05, 4.69) is 181 Å². The van der Waals surface area contributed by atoms with Crippen LogP contribution >= 0.6 is 0 Å². The molecule has 0 saturated carbocycles. The quantitative estimate of drug-likeness (QED) is 0.182. The molecule has 1 aromatic heterocycles. The van der Waals surface area contributed by atoms with Gasteiger partial charge in [-0.1, -0.05) is 133 Å². The van der Waals surface area contributed by atoms with Crippen LogP contribution in [0.25, 0.3) is 55.0 Å². The number of nitrogens with zero attached hydrogens (tertiary/aromatic N) is 1. The van der Waals surface area contributed by atoms with Gasteiger partial charge in [-0.25, -0.2) is 0 Å². The predicted octanol–water partition coefficient (Wildman–Crippen LogP) is 12.6. The molecule has 8 aromatic carbocycles. The van der Waals surface area contributed by atoms with Crippen molar-refractivity contribution in [1.82, 2.24) is 0 Å². The molecule has 0 N–H and O–H groups in total. The molecule has 2 aliphatic rings. The molecular weight excluding hydrogens is 595 g/mol. The normalized spacial score (nSPS) is 15.4. The van der Waals surface area contributed by atoms with Crippen molar-refractivity contribution in [3.63, 3.8) is 0 Å². The number of para-hydroxylation sites is 2. The van der Waals surface area contributed by atoms with Crippen molar-refractivity contribution in [3.05, 3.63) is 198 Å². The smallest absolute Gasteiger partial charge is 0.140 e. The Hall–Kier alpha value is -6.38. The van der Waals surface area contributed by atoms with Crippen LogP contribution < -0.4 is 4.90 Å². The molecule has 0 bridgehead atoms. The van der Waals surface area contributed by atoms with Gasteiger partial charge in [-0.15, -0.1) is 0 Å². The molecule has 2 aliphatic carbocycles. The summed E-state index contributed by atoms with van der Waals surface area (Å²) in [4.78, 5) is 2.40. The van der Waals surface area contributed by atoms with E-state index in [1.165, 1.54) is 65.9 Å². The summed E-state index contributed by atoms with van der Waals surface area (Å²) in [5.41, 5.74) is 12.6. The highest BCUT2D eigenvalue weighted by molar-refractivity contribution is 6.09. The minimum Gasteiger partial charge on any atom is -0.456 e. The molecule has 0 saturated heterocycles. The van der Waals surface area contributed by atoms with Crippen LogP contribution in [0.2, 0.25) is 0 Å². The Morgan fingerprint density at radius 1 is 0.388 bits per heavy atom. The largest absolute Gasteiger partial charge is 0.456 e. The number of rotatable bonds is 3. The first kappa shape index (κ1) is 26.7. The number of anilines is 3. The number of fused-ring (bicyclic) bond motifs is 15. The van der Waals surface area contributed by atoms with Crippen molar-refractivity contribution in [2.24, 2.45) is 0 Å². The lowest BCUT2D eigenvalue weighted by atomic mass is 9.70. The molecular formula is C47H29NO. The van der Waals surface area contributed by atoms with Crippen LogP contribution in [0.1, 0.15) is 22.3 Å². The average molecular weight is 624 g/mol. The molecule has 11 rings (SSSR count). The van der Waals surface area contributed by atoms with Crippen LogP contribution in [0.5, 0.6) is 0 Å². The molecule has 0 radical (unpaired) electrons. The first-order chi connectivity index (χ1) is 24.3. The number of hydrogen-bond donors (Lipinski definition) is 0. The van der Waals surface area contributed by atoms with Crippen LogP contribution in [-0.4, -0.2) is 0 Å². The Morgan fingerprint density at radius 3 is 1.88 bits per heavy atom. The van der Waals surface area contributed by atoms with E-state index in [1.807, 2.05) is 0 Å². The molecule has 1 heterocycles. The van der Waals surface area contributed by atoms with E-state index in [0.717, 1.165) is 28.4 Å². The Morgan fingerprint density at radius 2 is 1.00 bits per heavy atom. The third-order valence-electron chi connectivity index (χ3n) is 10.8. The van der Waals surface area contributed by atoms with Crippen LogP contribution in [0.4, 0.5) is 17.1 Å². The minimum atomic E-state index is -0.509. The number of furan rings is 1. The zero-order valence-corrected chi connectivity index (χ0v) is 26.6. The second-order valence-electron chi connectivity index (χ2n) is 13.2. The molecule has 9 aromatic rings. The highest BCUT2D eigenvalue weighted by Gasteiger charge is 2.54. The summed E-state index contributed by atoms with van der Waals surface area (Å²) < 4.78 is 6.73. The zero-order chi connectivity index (χ0) is 32.1. The second-order valence-corrected chi connectivity index (χ2v) is 13.2. The Bertz CT molecular complexity index is 2790. The lowest BCUT2D eigenvalue weighted by Gasteiger charge is -2.32. The van der Waals surface area contributed by atoms with E-state index < -0.39 is 5.41 Å². The van der Waals surface area contributed by atoms with Gasteiger partial charge < -0.3 is 9.32 Å². The van der Waals surface area contributed by atoms with Gasteiger partial charge in [0.15, 0.2) is 0 Å². The molecule has 49 heavy (non-hydrogen) atoms.